The van der Waals surface area contributed by atoms with Gasteiger partial charge in [0.1, 0.15) is 5.82 Å². The highest BCUT2D eigenvalue weighted by Gasteiger charge is 2.24. The summed E-state index contributed by atoms with van der Waals surface area (Å²) in [4.78, 5) is 0. The van der Waals surface area contributed by atoms with E-state index in [9.17, 15) is 13.2 Å². The molecular weight excluding hydrogens is 251 g/mol. The molecule has 0 saturated heterocycles. The van der Waals surface area contributed by atoms with Crippen molar-refractivity contribution in [2.24, 2.45) is 5.92 Å². The summed E-state index contributed by atoms with van der Waals surface area (Å²) in [5, 5.41) is 3.25. The van der Waals surface area contributed by atoms with Crippen LogP contribution in [0.15, 0.2) is 12.1 Å². The molecule has 0 amide bonds. The van der Waals surface area contributed by atoms with Gasteiger partial charge in [0, 0.05) is 17.7 Å². The third-order valence-corrected chi connectivity index (χ3v) is 3.51. The Morgan fingerprint density at radius 2 is 1.53 bits per heavy atom. The molecule has 1 aromatic carbocycles. The summed E-state index contributed by atoms with van der Waals surface area (Å²) >= 11 is 0. The molecule has 0 heterocycles. The second-order valence-electron chi connectivity index (χ2n) is 4.80. The van der Waals surface area contributed by atoms with Crippen LogP contribution in [0.2, 0.25) is 0 Å². The molecule has 19 heavy (non-hydrogen) atoms. The molecule has 4 heteroatoms. The van der Waals surface area contributed by atoms with E-state index in [0.29, 0.717) is 6.07 Å². The number of halogens is 3. The average Bonchev–Trinajstić information content (AvgIpc) is 2.39. The smallest absolute Gasteiger partial charge is 0.161 e. The summed E-state index contributed by atoms with van der Waals surface area (Å²) in [7, 11) is 0. The fourth-order valence-electron chi connectivity index (χ4n) is 2.37. The molecule has 1 atom stereocenters. The number of hydrogen-bond donors (Lipinski definition) is 1. The second kappa shape index (κ2) is 7.53. The van der Waals surface area contributed by atoms with Gasteiger partial charge >= 0.3 is 0 Å². The van der Waals surface area contributed by atoms with Crippen molar-refractivity contribution in [3.63, 3.8) is 0 Å². The van der Waals surface area contributed by atoms with Crippen molar-refractivity contribution < 1.29 is 13.2 Å². The van der Waals surface area contributed by atoms with Gasteiger partial charge in [-0.1, -0.05) is 33.6 Å². The Labute approximate surface area is 113 Å². The molecular formula is C15H22F3N. The minimum Gasteiger partial charge on any atom is -0.310 e. The van der Waals surface area contributed by atoms with Crippen LogP contribution >= 0.6 is 0 Å². The van der Waals surface area contributed by atoms with E-state index in [1.165, 1.54) is 0 Å². The van der Waals surface area contributed by atoms with E-state index < -0.39 is 17.5 Å². The maximum atomic E-state index is 13.9. The highest BCUT2D eigenvalue weighted by molar-refractivity contribution is 5.24. The zero-order valence-electron chi connectivity index (χ0n) is 11.8. The highest BCUT2D eigenvalue weighted by Crippen LogP contribution is 2.30. The van der Waals surface area contributed by atoms with Gasteiger partial charge in [0.15, 0.2) is 11.6 Å². The second-order valence-corrected chi connectivity index (χ2v) is 4.80. The van der Waals surface area contributed by atoms with Crippen molar-refractivity contribution in [1.82, 2.24) is 5.32 Å². The standard InChI is InChI=1S/C15H22F3N/c1-4-7-19-15(10(5-2)6-3)11-8-13(17)14(18)9-12(11)16/h8-10,15,19H,4-7H2,1-3H3. The minimum absolute atomic E-state index is 0.200. The van der Waals surface area contributed by atoms with Crippen LogP contribution in [0.3, 0.4) is 0 Å². The first kappa shape index (κ1) is 16.0. The van der Waals surface area contributed by atoms with Gasteiger partial charge in [-0.15, -0.1) is 0 Å². The van der Waals surface area contributed by atoms with E-state index in [-0.39, 0.29) is 17.5 Å². The molecule has 1 rings (SSSR count). The van der Waals surface area contributed by atoms with Crippen LogP contribution in [0.25, 0.3) is 0 Å². The Kier molecular flexibility index (Phi) is 6.35. The van der Waals surface area contributed by atoms with E-state index in [1.807, 2.05) is 20.8 Å². The Morgan fingerprint density at radius 3 is 2.05 bits per heavy atom. The van der Waals surface area contributed by atoms with Crippen molar-refractivity contribution in [3.8, 4) is 0 Å². The zero-order valence-corrected chi connectivity index (χ0v) is 11.8. The van der Waals surface area contributed by atoms with E-state index in [1.54, 1.807) is 0 Å². The molecule has 1 N–H and O–H groups in total. The topological polar surface area (TPSA) is 12.0 Å². The number of hydrogen-bond acceptors (Lipinski definition) is 1. The lowest BCUT2D eigenvalue weighted by atomic mass is 9.88. The minimum atomic E-state index is -1.14. The summed E-state index contributed by atoms with van der Waals surface area (Å²) < 4.78 is 40.2. The maximum Gasteiger partial charge on any atom is 0.161 e. The predicted molar refractivity (Wildman–Crippen MR) is 71.4 cm³/mol. The van der Waals surface area contributed by atoms with E-state index in [4.69, 9.17) is 0 Å². The molecule has 0 spiro atoms. The molecule has 1 unspecified atom stereocenters. The van der Waals surface area contributed by atoms with Crippen LogP contribution in [0, 0.1) is 23.4 Å². The van der Waals surface area contributed by atoms with Crippen molar-refractivity contribution >= 4 is 0 Å². The van der Waals surface area contributed by atoms with Crippen LogP contribution in [0.4, 0.5) is 13.2 Å². The van der Waals surface area contributed by atoms with Crippen molar-refractivity contribution in [1.29, 1.82) is 0 Å². The Hall–Kier alpha value is -1.03. The molecule has 0 fully saturated rings. The van der Waals surface area contributed by atoms with Gasteiger partial charge < -0.3 is 5.32 Å². The fourth-order valence-corrected chi connectivity index (χ4v) is 2.37. The van der Waals surface area contributed by atoms with Gasteiger partial charge in [-0.2, -0.15) is 0 Å². The number of nitrogens with one attached hydrogen (secondary N) is 1. The largest absolute Gasteiger partial charge is 0.310 e. The quantitative estimate of drug-likeness (QED) is 0.717. The number of rotatable bonds is 7. The Bertz CT molecular complexity index is 403. The molecule has 0 aromatic heterocycles. The van der Waals surface area contributed by atoms with Crippen LogP contribution in [-0.2, 0) is 0 Å². The van der Waals surface area contributed by atoms with Crippen LogP contribution in [0.5, 0.6) is 0 Å². The summed E-state index contributed by atoms with van der Waals surface area (Å²) in [5.41, 5.74) is 0.223. The average molecular weight is 273 g/mol. The van der Waals surface area contributed by atoms with E-state index in [0.717, 1.165) is 31.9 Å². The third kappa shape index (κ3) is 3.96. The van der Waals surface area contributed by atoms with E-state index >= 15 is 0 Å². The molecule has 0 aliphatic carbocycles. The summed E-state index contributed by atoms with van der Waals surface area (Å²) in [6, 6.07) is 1.34. The Balaban J connectivity index is 3.12. The van der Waals surface area contributed by atoms with Gasteiger partial charge in [-0.05, 0) is 24.9 Å². The third-order valence-electron chi connectivity index (χ3n) is 3.51. The SMILES string of the molecule is CCCNC(c1cc(F)c(F)cc1F)C(CC)CC. The lowest BCUT2D eigenvalue weighted by Crippen LogP contribution is -2.29. The van der Waals surface area contributed by atoms with E-state index in [2.05, 4.69) is 5.32 Å². The molecule has 0 aliphatic rings. The monoisotopic (exact) mass is 273 g/mol. The van der Waals surface area contributed by atoms with Crippen molar-refractivity contribution in [2.45, 2.75) is 46.1 Å². The molecule has 1 nitrogen and oxygen atoms in total. The van der Waals surface area contributed by atoms with Gasteiger partial charge in [-0.25, -0.2) is 13.2 Å². The van der Waals surface area contributed by atoms with Crippen molar-refractivity contribution in [2.75, 3.05) is 6.54 Å². The first-order valence-electron chi connectivity index (χ1n) is 6.92. The number of benzene rings is 1. The predicted octanol–water partition coefficient (Wildman–Crippen LogP) is 4.58. The van der Waals surface area contributed by atoms with Gasteiger partial charge in [-0.3, -0.25) is 0 Å². The molecule has 1 aromatic rings. The molecule has 0 saturated carbocycles. The molecule has 0 aliphatic heterocycles. The normalized spacial score (nSPS) is 13.0. The van der Waals surface area contributed by atoms with Gasteiger partial charge in [0.05, 0.1) is 0 Å². The Morgan fingerprint density at radius 1 is 0.947 bits per heavy atom. The zero-order chi connectivity index (χ0) is 14.4. The van der Waals surface area contributed by atoms with Crippen LogP contribution in [-0.4, -0.2) is 6.54 Å². The van der Waals surface area contributed by atoms with Crippen LogP contribution < -0.4 is 5.32 Å². The molecule has 0 radical (unpaired) electrons. The summed E-state index contributed by atoms with van der Waals surface area (Å²) in [6.45, 7) is 6.78. The highest BCUT2D eigenvalue weighted by atomic mass is 19.2. The first-order valence-corrected chi connectivity index (χ1v) is 6.92. The van der Waals surface area contributed by atoms with Crippen LogP contribution in [0.1, 0.15) is 51.6 Å². The maximum absolute atomic E-state index is 13.9. The molecule has 0 bridgehead atoms. The summed E-state index contributed by atoms with van der Waals surface area (Å²) in [6.07, 6.45) is 2.62. The lowest BCUT2D eigenvalue weighted by Gasteiger charge is -2.27. The van der Waals surface area contributed by atoms with Gasteiger partial charge in [0.25, 0.3) is 0 Å². The van der Waals surface area contributed by atoms with Gasteiger partial charge in [0.2, 0.25) is 0 Å². The van der Waals surface area contributed by atoms with Crippen molar-refractivity contribution in [3.05, 3.63) is 35.1 Å². The first-order chi connectivity index (χ1) is 9.04. The lowest BCUT2D eigenvalue weighted by molar-refractivity contribution is 0.330. The fraction of sp³-hybridized carbons (Fsp3) is 0.600. The molecule has 108 valence electrons. The summed E-state index contributed by atoms with van der Waals surface area (Å²) in [5.74, 6) is -2.61.